The van der Waals surface area contributed by atoms with E-state index < -0.39 is 58.5 Å². The number of carbonyl (C=O) groups excluding carboxylic acids is 1. The highest BCUT2D eigenvalue weighted by molar-refractivity contribution is 6.04. The number of nitriles is 1. The van der Waals surface area contributed by atoms with Crippen LogP contribution in [-0.4, -0.2) is 30.3 Å². The molecular formula is C14H9F6NO3. The minimum atomic E-state index is -5.07. The number of halogens is 6. The highest BCUT2D eigenvalue weighted by Crippen LogP contribution is 2.48. The van der Waals surface area contributed by atoms with Gasteiger partial charge in [0.1, 0.15) is 0 Å². The smallest absolute Gasteiger partial charge is 0.387 e. The van der Waals surface area contributed by atoms with Gasteiger partial charge in [0.2, 0.25) is 0 Å². The number of fused-ring (bicyclic) bond motifs is 1. The predicted octanol–water partition coefficient (Wildman–Crippen LogP) is 3.00. The van der Waals surface area contributed by atoms with Gasteiger partial charge in [-0.25, -0.2) is 0 Å². The first-order chi connectivity index (χ1) is 10.9. The number of ether oxygens (including phenoxy) is 1. The maximum Gasteiger partial charge on any atom is 0.416 e. The van der Waals surface area contributed by atoms with E-state index in [4.69, 9.17) is 5.26 Å². The van der Waals surface area contributed by atoms with E-state index >= 15 is 0 Å². The van der Waals surface area contributed by atoms with Crippen LogP contribution in [0, 0.1) is 17.2 Å². The Morgan fingerprint density at radius 2 is 1.83 bits per heavy atom. The summed E-state index contributed by atoms with van der Waals surface area (Å²) in [6.07, 6.45) is -15.3. The molecule has 3 atom stereocenters. The van der Waals surface area contributed by atoms with E-state index in [0.717, 1.165) is 6.07 Å². The lowest BCUT2D eigenvalue weighted by Gasteiger charge is -2.26. The molecule has 10 heteroatoms. The van der Waals surface area contributed by atoms with Gasteiger partial charge in [-0.2, -0.15) is 31.6 Å². The van der Waals surface area contributed by atoms with Crippen molar-refractivity contribution in [3.8, 4) is 6.07 Å². The number of benzene rings is 1. The summed E-state index contributed by atoms with van der Waals surface area (Å²) in [5, 5.41) is 18.8. The summed E-state index contributed by atoms with van der Waals surface area (Å²) < 4.78 is 82.4. The van der Waals surface area contributed by atoms with Crippen LogP contribution in [0.4, 0.5) is 26.3 Å². The molecule has 1 aliphatic rings. The van der Waals surface area contributed by atoms with Crippen molar-refractivity contribution in [3.63, 3.8) is 0 Å². The normalized spacial score (nSPS) is 22.2. The van der Waals surface area contributed by atoms with Crippen molar-refractivity contribution in [1.82, 2.24) is 0 Å². The van der Waals surface area contributed by atoms with E-state index in [-0.39, 0.29) is 0 Å². The Morgan fingerprint density at radius 1 is 1.25 bits per heavy atom. The fourth-order valence-electron chi connectivity index (χ4n) is 2.76. The van der Waals surface area contributed by atoms with Crippen molar-refractivity contribution >= 4 is 5.78 Å². The quantitative estimate of drug-likeness (QED) is 0.830. The van der Waals surface area contributed by atoms with Gasteiger partial charge in [0, 0.05) is 18.2 Å². The molecule has 1 aliphatic carbocycles. The van der Waals surface area contributed by atoms with Crippen LogP contribution < -0.4 is 0 Å². The van der Waals surface area contributed by atoms with Gasteiger partial charge in [0.25, 0.3) is 0 Å². The fraction of sp³-hybridized carbons (Fsp3) is 0.429. The Kier molecular flexibility index (Phi) is 4.37. The van der Waals surface area contributed by atoms with E-state index in [9.17, 15) is 36.2 Å². The van der Waals surface area contributed by atoms with Gasteiger partial charge in [0.05, 0.1) is 29.2 Å². The van der Waals surface area contributed by atoms with Crippen LogP contribution in [0.2, 0.25) is 0 Å². The molecule has 130 valence electrons. The second-order valence-electron chi connectivity index (χ2n) is 5.13. The number of nitrogens with zero attached hydrogens (tertiary/aromatic N) is 1. The summed E-state index contributed by atoms with van der Waals surface area (Å²) in [6.45, 7) is 0. The minimum absolute atomic E-state index is 0.382. The third-order valence-corrected chi connectivity index (χ3v) is 3.72. The van der Waals surface area contributed by atoms with E-state index in [1.54, 1.807) is 0 Å². The Morgan fingerprint density at radius 3 is 2.25 bits per heavy atom. The molecule has 0 aliphatic heterocycles. The van der Waals surface area contributed by atoms with Crippen molar-refractivity contribution in [3.05, 3.63) is 34.4 Å². The second kappa shape index (κ2) is 5.75. The number of carbonyl (C=O) groups is 1. The number of methoxy groups -OCH3 is 1. The lowest BCUT2D eigenvalue weighted by Crippen LogP contribution is -2.42. The molecule has 1 aromatic rings. The number of Topliss-reactive ketones (excluding diaryl/α,β-unsaturated/α-hetero) is 1. The molecule has 0 aromatic heterocycles. The molecule has 4 nitrogen and oxygen atoms in total. The second-order valence-corrected chi connectivity index (χ2v) is 5.13. The highest BCUT2D eigenvalue weighted by Gasteiger charge is 2.56. The van der Waals surface area contributed by atoms with Crippen LogP contribution in [-0.2, 0) is 10.9 Å². The highest BCUT2D eigenvalue weighted by atomic mass is 19.4. The van der Waals surface area contributed by atoms with E-state index in [1.807, 2.05) is 0 Å². The molecule has 1 N–H and O–H groups in total. The van der Waals surface area contributed by atoms with Crippen LogP contribution in [0.25, 0.3) is 0 Å². The van der Waals surface area contributed by atoms with Gasteiger partial charge >= 0.3 is 12.4 Å². The summed E-state index contributed by atoms with van der Waals surface area (Å²) in [6, 6.07) is 2.52. The largest absolute Gasteiger partial charge is 0.416 e. The Balaban J connectivity index is 2.68. The number of aliphatic hydroxyl groups is 1. The van der Waals surface area contributed by atoms with E-state index in [2.05, 4.69) is 4.74 Å². The van der Waals surface area contributed by atoms with E-state index in [1.165, 1.54) is 6.07 Å². The van der Waals surface area contributed by atoms with Gasteiger partial charge < -0.3 is 9.84 Å². The van der Waals surface area contributed by atoms with Gasteiger partial charge in [-0.3, -0.25) is 4.79 Å². The third kappa shape index (κ3) is 2.85. The summed E-state index contributed by atoms with van der Waals surface area (Å²) in [5.74, 6) is -3.63. The average Bonchev–Trinajstić information content (AvgIpc) is 2.70. The maximum atomic E-state index is 13.1. The molecule has 0 amide bonds. The fourth-order valence-corrected chi connectivity index (χ4v) is 2.76. The minimum Gasteiger partial charge on any atom is -0.387 e. The first-order valence-electron chi connectivity index (χ1n) is 6.40. The Hall–Kier alpha value is -2.12. The molecule has 0 fully saturated rings. The van der Waals surface area contributed by atoms with Crippen molar-refractivity contribution in [2.24, 2.45) is 5.92 Å². The first-order valence-corrected chi connectivity index (χ1v) is 6.40. The standard InChI is InChI=1S/C14H9F6NO3/c1-24-12(14(18,19)20)9-10(22)6-2-5(4-21)3-7(13(15,16)17)8(6)11(9)23/h2-3,9,11-12,23H,1H3. The zero-order valence-corrected chi connectivity index (χ0v) is 11.9. The summed E-state index contributed by atoms with van der Waals surface area (Å²) in [7, 11) is 0.631. The number of hydrogen-bond acceptors (Lipinski definition) is 4. The average molecular weight is 353 g/mol. The number of aliphatic hydroxyl groups excluding tert-OH is 1. The molecule has 1 aromatic carbocycles. The number of hydrogen-bond donors (Lipinski definition) is 1. The lowest BCUT2D eigenvalue weighted by molar-refractivity contribution is -0.230. The van der Waals surface area contributed by atoms with Crippen LogP contribution in [0.5, 0.6) is 0 Å². The van der Waals surface area contributed by atoms with Crippen LogP contribution in [0.1, 0.15) is 33.2 Å². The predicted molar refractivity (Wildman–Crippen MR) is 65.8 cm³/mol. The number of alkyl halides is 6. The molecular weight excluding hydrogens is 344 g/mol. The SMILES string of the molecule is COC(C1C(=O)c2cc(C#N)cc(C(F)(F)F)c2C1O)C(F)(F)F. The third-order valence-electron chi connectivity index (χ3n) is 3.72. The molecule has 0 bridgehead atoms. The zero-order chi connectivity index (χ0) is 18.4. The Bertz CT molecular complexity index is 719. The van der Waals surface area contributed by atoms with Crippen LogP contribution >= 0.6 is 0 Å². The van der Waals surface area contributed by atoms with Crippen molar-refractivity contribution in [2.45, 2.75) is 24.6 Å². The molecule has 2 rings (SSSR count). The molecule has 0 saturated heterocycles. The van der Waals surface area contributed by atoms with Crippen molar-refractivity contribution in [2.75, 3.05) is 7.11 Å². The van der Waals surface area contributed by atoms with Gasteiger partial charge in [-0.05, 0) is 12.1 Å². The summed E-state index contributed by atoms with van der Waals surface area (Å²) in [4.78, 5) is 12.2. The summed E-state index contributed by atoms with van der Waals surface area (Å²) >= 11 is 0. The monoisotopic (exact) mass is 353 g/mol. The molecule has 3 unspecified atom stereocenters. The lowest BCUT2D eigenvalue weighted by atomic mass is 9.94. The number of rotatable bonds is 2. The van der Waals surface area contributed by atoms with Crippen LogP contribution in [0.3, 0.4) is 0 Å². The van der Waals surface area contributed by atoms with Crippen molar-refractivity contribution < 1.29 is 41.0 Å². The molecule has 0 saturated carbocycles. The first kappa shape index (κ1) is 18.2. The van der Waals surface area contributed by atoms with Gasteiger partial charge in [-0.15, -0.1) is 0 Å². The topological polar surface area (TPSA) is 70.3 Å². The summed E-state index contributed by atoms with van der Waals surface area (Å²) in [5.41, 5.74) is -3.80. The van der Waals surface area contributed by atoms with Gasteiger partial charge in [0.15, 0.2) is 11.9 Å². The van der Waals surface area contributed by atoms with E-state index in [0.29, 0.717) is 13.2 Å². The van der Waals surface area contributed by atoms with Gasteiger partial charge in [-0.1, -0.05) is 0 Å². The molecule has 0 heterocycles. The number of ketones is 1. The van der Waals surface area contributed by atoms with Crippen molar-refractivity contribution in [1.29, 1.82) is 5.26 Å². The zero-order valence-electron chi connectivity index (χ0n) is 11.9. The maximum absolute atomic E-state index is 13.1. The molecule has 0 radical (unpaired) electrons. The molecule has 24 heavy (non-hydrogen) atoms. The molecule has 0 spiro atoms. The van der Waals surface area contributed by atoms with Crippen LogP contribution in [0.15, 0.2) is 12.1 Å². The Labute approximate surface area is 131 Å².